The fourth-order valence-electron chi connectivity index (χ4n) is 4.54. The second-order valence-corrected chi connectivity index (χ2v) is 8.58. The molecule has 0 radical (unpaired) electrons. The van der Waals surface area contributed by atoms with Crippen molar-refractivity contribution in [2.75, 3.05) is 6.61 Å². The molecule has 2 aromatic rings. The topological polar surface area (TPSA) is 53.4 Å². The quantitative estimate of drug-likeness (QED) is 0.758. The molecule has 1 atom stereocenters. The molecule has 2 saturated carbocycles. The predicted octanol–water partition coefficient (Wildman–Crippen LogP) is 4.08. The number of rotatable bonds is 6. The minimum atomic E-state index is -0.207. The van der Waals surface area contributed by atoms with Crippen LogP contribution in [0, 0.1) is 5.92 Å². The molecule has 5 heteroatoms. The minimum Gasteiger partial charge on any atom is -0.490 e. The molecule has 5 rings (SSSR count). The second-order valence-electron chi connectivity index (χ2n) is 8.58. The lowest BCUT2D eigenvalue weighted by Crippen LogP contribution is -2.23. The van der Waals surface area contributed by atoms with Gasteiger partial charge in [0.15, 0.2) is 6.10 Å². The van der Waals surface area contributed by atoms with Gasteiger partial charge in [-0.15, -0.1) is 0 Å². The van der Waals surface area contributed by atoms with E-state index in [0.29, 0.717) is 25.1 Å². The van der Waals surface area contributed by atoms with Gasteiger partial charge in [0.1, 0.15) is 12.4 Å². The van der Waals surface area contributed by atoms with Gasteiger partial charge in [0.2, 0.25) is 0 Å². The normalized spacial score (nSPS) is 21.9. The van der Waals surface area contributed by atoms with Crippen molar-refractivity contribution in [3.8, 4) is 11.8 Å². The third-order valence-electron chi connectivity index (χ3n) is 6.32. The lowest BCUT2D eigenvalue weighted by atomic mass is 9.84. The number of nitrogens with zero attached hydrogens (tertiary/aromatic N) is 2. The Labute approximate surface area is 165 Å². The monoisotopic (exact) mass is 380 g/mol. The molecule has 1 unspecified atom stereocenters. The van der Waals surface area contributed by atoms with E-state index in [1.165, 1.54) is 50.5 Å². The summed E-state index contributed by atoms with van der Waals surface area (Å²) in [7, 11) is 0. The van der Waals surface area contributed by atoms with Crippen LogP contribution in [0.25, 0.3) is 0 Å². The zero-order valence-corrected chi connectivity index (χ0v) is 16.3. The molecule has 0 saturated heterocycles. The molecule has 0 N–H and O–H groups in total. The summed E-state index contributed by atoms with van der Waals surface area (Å²) in [5.74, 6) is 2.31. The SMILES string of the molecule is O=c1cc(CC2CC2)n2c(n1)OC(COc1ccc(C3CCCCC3)cc1)C2. The van der Waals surface area contributed by atoms with Gasteiger partial charge in [-0.3, -0.25) is 9.36 Å². The Kier molecular flexibility index (Phi) is 4.83. The Morgan fingerprint density at radius 3 is 2.61 bits per heavy atom. The molecule has 3 aliphatic rings. The summed E-state index contributed by atoms with van der Waals surface area (Å²) in [5, 5.41) is 0. The summed E-state index contributed by atoms with van der Waals surface area (Å²) in [6.07, 6.45) is 10.1. The zero-order chi connectivity index (χ0) is 18.9. The van der Waals surface area contributed by atoms with E-state index in [9.17, 15) is 4.79 Å². The van der Waals surface area contributed by atoms with Gasteiger partial charge in [0.25, 0.3) is 11.6 Å². The minimum absolute atomic E-state index is 0.106. The molecule has 1 aromatic heterocycles. The third kappa shape index (κ3) is 3.94. The zero-order valence-electron chi connectivity index (χ0n) is 16.3. The highest BCUT2D eigenvalue weighted by Crippen LogP contribution is 2.34. The van der Waals surface area contributed by atoms with Gasteiger partial charge in [-0.25, -0.2) is 0 Å². The van der Waals surface area contributed by atoms with Gasteiger partial charge in [0.05, 0.1) is 6.54 Å². The molecular weight excluding hydrogens is 352 g/mol. The smallest absolute Gasteiger partial charge is 0.300 e. The highest BCUT2D eigenvalue weighted by molar-refractivity contribution is 5.29. The van der Waals surface area contributed by atoms with Gasteiger partial charge in [-0.1, -0.05) is 31.4 Å². The molecule has 2 aliphatic carbocycles. The van der Waals surface area contributed by atoms with Crippen LogP contribution in [0.15, 0.2) is 35.1 Å². The van der Waals surface area contributed by atoms with Gasteiger partial charge in [-0.05, 0) is 61.6 Å². The van der Waals surface area contributed by atoms with E-state index >= 15 is 0 Å². The van der Waals surface area contributed by atoms with Crippen LogP contribution in [0.3, 0.4) is 0 Å². The first-order valence-electron chi connectivity index (χ1n) is 10.7. The molecule has 0 spiro atoms. The van der Waals surface area contributed by atoms with Crippen LogP contribution >= 0.6 is 0 Å². The summed E-state index contributed by atoms with van der Waals surface area (Å²) >= 11 is 0. The molecule has 28 heavy (non-hydrogen) atoms. The fraction of sp³-hybridized carbons (Fsp3) is 0.565. The molecule has 1 aliphatic heterocycles. The fourth-order valence-corrected chi connectivity index (χ4v) is 4.54. The lowest BCUT2D eigenvalue weighted by molar-refractivity contribution is 0.143. The summed E-state index contributed by atoms with van der Waals surface area (Å²) in [6, 6.07) is 10.7. The van der Waals surface area contributed by atoms with E-state index in [4.69, 9.17) is 9.47 Å². The van der Waals surface area contributed by atoms with Gasteiger partial charge < -0.3 is 9.47 Å². The third-order valence-corrected chi connectivity index (χ3v) is 6.32. The summed E-state index contributed by atoms with van der Waals surface area (Å²) in [6.45, 7) is 1.16. The first-order chi connectivity index (χ1) is 13.7. The number of benzene rings is 1. The lowest BCUT2D eigenvalue weighted by Gasteiger charge is -2.22. The van der Waals surface area contributed by atoms with Crippen LogP contribution < -0.4 is 15.0 Å². The molecule has 2 fully saturated rings. The summed E-state index contributed by atoms with van der Waals surface area (Å²) < 4.78 is 13.9. The van der Waals surface area contributed by atoms with Crippen LogP contribution in [-0.2, 0) is 13.0 Å². The van der Waals surface area contributed by atoms with Crippen molar-refractivity contribution in [2.24, 2.45) is 5.92 Å². The number of hydrogen-bond acceptors (Lipinski definition) is 4. The van der Waals surface area contributed by atoms with Crippen molar-refractivity contribution in [3.05, 3.63) is 51.9 Å². The second kappa shape index (κ2) is 7.61. The van der Waals surface area contributed by atoms with E-state index in [2.05, 4.69) is 33.8 Å². The van der Waals surface area contributed by atoms with E-state index in [1.807, 2.05) is 0 Å². The standard InChI is InChI=1S/C23H28N2O3/c26-22-13-19(12-16-6-7-16)25-14-21(28-23(25)24-22)15-27-20-10-8-18(9-11-20)17-4-2-1-3-5-17/h8-11,13,16-17,21H,1-7,12,14-15H2. The Morgan fingerprint density at radius 2 is 1.86 bits per heavy atom. The van der Waals surface area contributed by atoms with E-state index < -0.39 is 0 Å². The van der Waals surface area contributed by atoms with E-state index in [-0.39, 0.29) is 11.7 Å². The average molecular weight is 380 g/mol. The van der Waals surface area contributed by atoms with Crippen LogP contribution in [0.4, 0.5) is 0 Å². The van der Waals surface area contributed by atoms with Crippen molar-refractivity contribution in [2.45, 2.75) is 69.9 Å². The molecule has 0 amide bonds. The van der Waals surface area contributed by atoms with Crippen molar-refractivity contribution >= 4 is 0 Å². The number of aromatic nitrogens is 2. The highest BCUT2D eigenvalue weighted by Gasteiger charge is 2.29. The van der Waals surface area contributed by atoms with E-state index in [1.54, 1.807) is 6.07 Å². The largest absolute Gasteiger partial charge is 0.490 e. The van der Waals surface area contributed by atoms with E-state index in [0.717, 1.165) is 23.8 Å². The van der Waals surface area contributed by atoms with Crippen molar-refractivity contribution in [1.82, 2.24) is 9.55 Å². The summed E-state index contributed by atoms with van der Waals surface area (Å²) in [4.78, 5) is 15.9. The average Bonchev–Trinajstić information content (AvgIpc) is 3.44. The predicted molar refractivity (Wildman–Crippen MR) is 107 cm³/mol. The number of ether oxygens (including phenoxy) is 2. The number of fused-ring (bicyclic) bond motifs is 1. The molecule has 0 bridgehead atoms. The highest BCUT2D eigenvalue weighted by atomic mass is 16.6. The van der Waals surface area contributed by atoms with Gasteiger partial charge in [0, 0.05) is 11.8 Å². The number of hydrogen-bond donors (Lipinski definition) is 0. The van der Waals surface area contributed by atoms with Crippen molar-refractivity contribution in [3.63, 3.8) is 0 Å². The summed E-state index contributed by atoms with van der Waals surface area (Å²) in [5.41, 5.74) is 2.28. The van der Waals surface area contributed by atoms with Crippen molar-refractivity contribution in [1.29, 1.82) is 0 Å². The maximum atomic E-state index is 11.9. The first-order valence-corrected chi connectivity index (χ1v) is 10.7. The molecule has 148 valence electrons. The van der Waals surface area contributed by atoms with Gasteiger partial charge >= 0.3 is 0 Å². The Balaban J connectivity index is 1.20. The van der Waals surface area contributed by atoms with Gasteiger partial charge in [-0.2, -0.15) is 4.98 Å². The maximum absolute atomic E-state index is 11.9. The Morgan fingerprint density at radius 1 is 1.07 bits per heavy atom. The maximum Gasteiger partial charge on any atom is 0.300 e. The van der Waals surface area contributed by atoms with Crippen LogP contribution in [0.2, 0.25) is 0 Å². The molecule has 1 aromatic carbocycles. The molecule has 5 nitrogen and oxygen atoms in total. The van der Waals surface area contributed by atoms with Crippen LogP contribution in [-0.4, -0.2) is 22.3 Å². The molecular formula is C23H28N2O3. The van der Waals surface area contributed by atoms with Crippen LogP contribution in [0.5, 0.6) is 11.8 Å². The Hall–Kier alpha value is -2.30. The first kappa shape index (κ1) is 17.8. The Bertz CT molecular complexity index is 880. The van der Waals surface area contributed by atoms with Crippen molar-refractivity contribution < 1.29 is 9.47 Å². The van der Waals surface area contributed by atoms with Crippen LogP contribution in [0.1, 0.15) is 62.1 Å². The molecule has 2 heterocycles.